The third-order valence-corrected chi connectivity index (χ3v) is 3.68. The highest BCUT2D eigenvalue weighted by Crippen LogP contribution is 2.23. The summed E-state index contributed by atoms with van der Waals surface area (Å²) >= 11 is 0. The minimum absolute atomic E-state index is 0.112. The van der Waals surface area contributed by atoms with E-state index >= 15 is 0 Å². The molecule has 0 N–H and O–H groups in total. The van der Waals surface area contributed by atoms with Crippen LogP contribution in [0, 0.1) is 25.2 Å². The Balaban J connectivity index is 2.28. The van der Waals surface area contributed by atoms with Gasteiger partial charge in [0, 0.05) is 38.8 Å². The van der Waals surface area contributed by atoms with Crippen molar-refractivity contribution in [3.05, 3.63) is 22.9 Å². The zero-order valence-corrected chi connectivity index (χ0v) is 12.3. The molecule has 0 aliphatic carbocycles. The lowest BCUT2D eigenvalue weighted by molar-refractivity contribution is -0.128. The largest absolute Gasteiger partial charge is 0.354 e. The van der Waals surface area contributed by atoms with Gasteiger partial charge >= 0.3 is 0 Å². The number of anilines is 1. The number of nitrogens with zero attached hydrogens (tertiary/aromatic N) is 4. The van der Waals surface area contributed by atoms with E-state index in [9.17, 15) is 10.1 Å². The van der Waals surface area contributed by atoms with E-state index in [0.717, 1.165) is 43.1 Å². The van der Waals surface area contributed by atoms with Crippen LogP contribution in [-0.4, -0.2) is 42.0 Å². The minimum Gasteiger partial charge on any atom is -0.354 e. The van der Waals surface area contributed by atoms with Crippen molar-refractivity contribution in [2.45, 2.75) is 27.2 Å². The van der Waals surface area contributed by atoms with Gasteiger partial charge in [-0.3, -0.25) is 4.79 Å². The van der Waals surface area contributed by atoms with Crippen LogP contribution in [0.3, 0.4) is 0 Å². The summed E-state index contributed by atoms with van der Waals surface area (Å²) < 4.78 is 0. The van der Waals surface area contributed by atoms with Gasteiger partial charge in [-0.25, -0.2) is 4.98 Å². The molecule has 1 amide bonds. The van der Waals surface area contributed by atoms with Gasteiger partial charge in [0.2, 0.25) is 5.91 Å². The second kappa shape index (κ2) is 5.91. The number of hydrogen-bond donors (Lipinski definition) is 0. The van der Waals surface area contributed by atoms with Crippen molar-refractivity contribution in [2.75, 3.05) is 31.1 Å². The smallest absolute Gasteiger partial charge is 0.219 e. The highest BCUT2D eigenvalue weighted by molar-refractivity contribution is 5.73. The van der Waals surface area contributed by atoms with Gasteiger partial charge in [-0.15, -0.1) is 0 Å². The predicted molar refractivity (Wildman–Crippen MR) is 77.5 cm³/mol. The number of rotatable bonds is 1. The Morgan fingerprint density at radius 2 is 2.05 bits per heavy atom. The molecule has 0 bridgehead atoms. The first-order valence-electron chi connectivity index (χ1n) is 6.91. The molecule has 0 unspecified atom stereocenters. The Morgan fingerprint density at radius 3 is 2.70 bits per heavy atom. The average molecular weight is 272 g/mol. The van der Waals surface area contributed by atoms with Crippen molar-refractivity contribution in [1.82, 2.24) is 9.88 Å². The number of aryl methyl sites for hydroxylation is 2. The number of nitriles is 1. The summed E-state index contributed by atoms with van der Waals surface area (Å²) in [7, 11) is 0. The van der Waals surface area contributed by atoms with Gasteiger partial charge in [0.25, 0.3) is 0 Å². The maximum absolute atomic E-state index is 11.5. The van der Waals surface area contributed by atoms with E-state index < -0.39 is 0 Å². The first-order chi connectivity index (χ1) is 9.52. The molecule has 106 valence electrons. The van der Waals surface area contributed by atoms with Crippen LogP contribution in [-0.2, 0) is 4.79 Å². The summed E-state index contributed by atoms with van der Waals surface area (Å²) in [4.78, 5) is 20.0. The second-order valence-corrected chi connectivity index (χ2v) is 5.24. The summed E-state index contributed by atoms with van der Waals surface area (Å²) in [6, 6.07) is 4.19. The molecular formula is C15H20N4O. The van der Waals surface area contributed by atoms with Crippen LogP contribution in [0.4, 0.5) is 5.82 Å². The highest BCUT2D eigenvalue weighted by atomic mass is 16.2. The fourth-order valence-corrected chi connectivity index (χ4v) is 2.63. The molecule has 5 heteroatoms. The first-order valence-corrected chi connectivity index (χ1v) is 6.91. The molecule has 20 heavy (non-hydrogen) atoms. The van der Waals surface area contributed by atoms with Crippen molar-refractivity contribution in [3.8, 4) is 6.07 Å². The van der Waals surface area contributed by atoms with Crippen LogP contribution in [0.25, 0.3) is 0 Å². The average Bonchev–Trinajstić information content (AvgIpc) is 2.63. The van der Waals surface area contributed by atoms with Crippen LogP contribution in [0.5, 0.6) is 0 Å². The van der Waals surface area contributed by atoms with Gasteiger partial charge in [-0.05, 0) is 31.9 Å². The van der Waals surface area contributed by atoms with Crippen LogP contribution >= 0.6 is 0 Å². The van der Waals surface area contributed by atoms with Crippen LogP contribution in [0.1, 0.15) is 30.2 Å². The molecule has 0 atom stereocenters. The Kier molecular flexibility index (Phi) is 4.23. The molecule has 1 aromatic rings. The lowest BCUT2D eigenvalue weighted by Crippen LogP contribution is -2.34. The molecule has 0 saturated carbocycles. The molecule has 5 nitrogen and oxygen atoms in total. The topological polar surface area (TPSA) is 60.2 Å². The molecule has 1 saturated heterocycles. The molecule has 1 aromatic heterocycles. The van der Waals surface area contributed by atoms with E-state index in [1.165, 1.54) is 0 Å². The van der Waals surface area contributed by atoms with Crippen molar-refractivity contribution in [2.24, 2.45) is 0 Å². The lowest BCUT2D eigenvalue weighted by atomic mass is 10.1. The fraction of sp³-hybridized carbons (Fsp3) is 0.533. The number of amides is 1. The molecule has 0 radical (unpaired) electrons. The van der Waals surface area contributed by atoms with Gasteiger partial charge in [0.05, 0.1) is 5.56 Å². The van der Waals surface area contributed by atoms with Crippen molar-refractivity contribution >= 4 is 11.7 Å². The highest BCUT2D eigenvalue weighted by Gasteiger charge is 2.20. The summed E-state index contributed by atoms with van der Waals surface area (Å²) in [5.41, 5.74) is 2.53. The fourth-order valence-electron chi connectivity index (χ4n) is 2.63. The molecule has 2 rings (SSSR count). The van der Waals surface area contributed by atoms with E-state index in [1.807, 2.05) is 24.8 Å². The SMILES string of the molecule is CC(=O)N1CCCN(c2nc(C)cc(C)c2C#N)CC1. The monoisotopic (exact) mass is 272 g/mol. The zero-order valence-electron chi connectivity index (χ0n) is 12.3. The van der Waals surface area contributed by atoms with Gasteiger partial charge in [0.15, 0.2) is 0 Å². The second-order valence-electron chi connectivity index (χ2n) is 5.24. The summed E-state index contributed by atoms with van der Waals surface area (Å²) in [6.07, 6.45) is 0.902. The van der Waals surface area contributed by atoms with E-state index in [4.69, 9.17) is 0 Å². The molecular weight excluding hydrogens is 252 g/mol. The van der Waals surface area contributed by atoms with Crippen LogP contribution < -0.4 is 4.90 Å². The number of aromatic nitrogens is 1. The van der Waals surface area contributed by atoms with Crippen molar-refractivity contribution in [1.29, 1.82) is 5.26 Å². The zero-order chi connectivity index (χ0) is 14.7. The molecule has 1 fully saturated rings. The minimum atomic E-state index is 0.112. The molecule has 0 aromatic carbocycles. The Morgan fingerprint density at radius 1 is 1.30 bits per heavy atom. The van der Waals surface area contributed by atoms with E-state index in [1.54, 1.807) is 6.92 Å². The predicted octanol–water partition coefficient (Wildman–Crippen LogP) is 1.63. The van der Waals surface area contributed by atoms with E-state index in [2.05, 4.69) is 16.0 Å². The standard InChI is InChI=1S/C15H20N4O/c1-11-9-12(2)17-15(14(11)10-16)19-6-4-5-18(7-8-19)13(3)20/h9H,4-8H2,1-3H3. The normalized spacial score (nSPS) is 15.7. The number of hydrogen-bond acceptors (Lipinski definition) is 4. The number of pyridine rings is 1. The van der Waals surface area contributed by atoms with Gasteiger partial charge < -0.3 is 9.80 Å². The van der Waals surface area contributed by atoms with E-state index in [-0.39, 0.29) is 5.91 Å². The quantitative estimate of drug-likeness (QED) is 0.779. The van der Waals surface area contributed by atoms with Crippen LogP contribution in [0.15, 0.2) is 6.07 Å². The Hall–Kier alpha value is -2.09. The first kappa shape index (κ1) is 14.3. The summed E-state index contributed by atoms with van der Waals surface area (Å²) in [5.74, 6) is 0.871. The Labute approximate surface area is 119 Å². The van der Waals surface area contributed by atoms with Gasteiger partial charge in [-0.2, -0.15) is 5.26 Å². The molecule has 1 aliphatic rings. The lowest BCUT2D eigenvalue weighted by Gasteiger charge is -2.24. The molecule has 0 spiro atoms. The summed E-state index contributed by atoms with van der Waals surface area (Å²) in [5, 5.41) is 9.35. The molecule has 2 heterocycles. The van der Waals surface area contributed by atoms with Gasteiger partial charge in [-0.1, -0.05) is 0 Å². The maximum atomic E-state index is 11.5. The maximum Gasteiger partial charge on any atom is 0.219 e. The molecule has 1 aliphatic heterocycles. The van der Waals surface area contributed by atoms with Crippen LogP contribution in [0.2, 0.25) is 0 Å². The summed E-state index contributed by atoms with van der Waals surface area (Å²) in [6.45, 7) is 8.51. The van der Waals surface area contributed by atoms with Gasteiger partial charge in [0.1, 0.15) is 11.9 Å². The third kappa shape index (κ3) is 2.90. The Bertz CT molecular complexity index is 562. The van der Waals surface area contributed by atoms with E-state index in [0.29, 0.717) is 12.1 Å². The number of carbonyl (C=O) groups is 1. The van der Waals surface area contributed by atoms with Crippen molar-refractivity contribution in [3.63, 3.8) is 0 Å². The third-order valence-electron chi connectivity index (χ3n) is 3.68. The number of carbonyl (C=O) groups excluding carboxylic acids is 1. The van der Waals surface area contributed by atoms with Crippen molar-refractivity contribution < 1.29 is 4.79 Å².